The van der Waals surface area contributed by atoms with E-state index < -0.39 is 0 Å². The number of carbonyl (C=O) groups excluding carboxylic acids is 1. The van der Waals surface area contributed by atoms with Crippen molar-refractivity contribution in [2.24, 2.45) is 5.92 Å². The summed E-state index contributed by atoms with van der Waals surface area (Å²) in [4.78, 5) is 16.5. The summed E-state index contributed by atoms with van der Waals surface area (Å²) in [5.41, 5.74) is 0.0672. The molecule has 0 spiro atoms. The Kier molecular flexibility index (Phi) is 3.13. The average molecular weight is 224 g/mol. The van der Waals surface area contributed by atoms with Crippen LogP contribution in [0.2, 0.25) is 0 Å². The molecule has 0 saturated carbocycles. The fourth-order valence-corrected chi connectivity index (χ4v) is 3.00. The highest BCUT2D eigenvalue weighted by atomic mass is 16.2. The summed E-state index contributed by atoms with van der Waals surface area (Å²) in [5.74, 6) is 0.670. The Bertz CT molecular complexity index is 275. The van der Waals surface area contributed by atoms with Gasteiger partial charge < -0.3 is 9.80 Å². The maximum atomic E-state index is 12.4. The van der Waals surface area contributed by atoms with Gasteiger partial charge in [-0.1, -0.05) is 6.92 Å². The first kappa shape index (κ1) is 11.7. The smallest absolute Gasteiger partial charge is 0.320 e. The van der Waals surface area contributed by atoms with Crippen molar-refractivity contribution in [3.05, 3.63) is 0 Å². The summed E-state index contributed by atoms with van der Waals surface area (Å²) in [7, 11) is 0. The minimum absolute atomic E-state index is 0.0672. The van der Waals surface area contributed by atoms with Gasteiger partial charge in [-0.2, -0.15) is 0 Å². The second-order valence-electron chi connectivity index (χ2n) is 6.04. The molecule has 2 aliphatic heterocycles. The molecule has 0 N–H and O–H groups in total. The van der Waals surface area contributed by atoms with Crippen molar-refractivity contribution in [2.45, 2.75) is 52.0 Å². The molecule has 3 nitrogen and oxygen atoms in total. The number of amides is 2. The Hall–Kier alpha value is -0.730. The van der Waals surface area contributed by atoms with Crippen LogP contribution in [-0.2, 0) is 0 Å². The van der Waals surface area contributed by atoms with Crippen LogP contribution in [0.15, 0.2) is 0 Å². The third kappa shape index (κ3) is 2.18. The summed E-state index contributed by atoms with van der Waals surface area (Å²) in [6.07, 6.45) is 4.73. The molecule has 2 saturated heterocycles. The summed E-state index contributed by atoms with van der Waals surface area (Å²) >= 11 is 0. The minimum Gasteiger partial charge on any atom is -0.324 e. The quantitative estimate of drug-likeness (QED) is 0.620. The Morgan fingerprint density at radius 2 is 2.00 bits per heavy atom. The molecule has 0 aromatic heterocycles. The van der Waals surface area contributed by atoms with E-state index in [1.54, 1.807) is 0 Å². The van der Waals surface area contributed by atoms with Crippen LogP contribution in [-0.4, -0.2) is 41.0 Å². The molecule has 2 fully saturated rings. The van der Waals surface area contributed by atoms with Gasteiger partial charge >= 0.3 is 6.03 Å². The van der Waals surface area contributed by atoms with Crippen LogP contribution in [0.3, 0.4) is 0 Å². The standard InChI is InChI=1S/C13H24N2O/c1-11-6-4-8-14(10-11)12(16)15-9-5-7-13(15,2)3/h11H,4-10H2,1-3H3. The molecular formula is C13H24N2O. The number of likely N-dealkylation sites (tertiary alicyclic amines) is 2. The zero-order valence-electron chi connectivity index (χ0n) is 10.8. The zero-order chi connectivity index (χ0) is 11.8. The van der Waals surface area contributed by atoms with Crippen molar-refractivity contribution in [3.63, 3.8) is 0 Å². The molecule has 1 atom stereocenters. The van der Waals surface area contributed by atoms with Crippen LogP contribution < -0.4 is 0 Å². The van der Waals surface area contributed by atoms with Gasteiger partial charge in [0, 0.05) is 25.2 Å². The predicted octanol–water partition coefficient (Wildman–Crippen LogP) is 2.71. The lowest BCUT2D eigenvalue weighted by Crippen LogP contribution is -2.52. The molecule has 2 amide bonds. The number of piperidine rings is 1. The molecule has 2 rings (SSSR count). The van der Waals surface area contributed by atoms with E-state index in [0.29, 0.717) is 5.92 Å². The maximum absolute atomic E-state index is 12.4. The van der Waals surface area contributed by atoms with E-state index in [1.165, 1.54) is 12.8 Å². The third-order valence-electron chi connectivity index (χ3n) is 4.06. The molecule has 0 bridgehead atoms. The van der Waals surface area contributed by atoms with E-state index in [-0.39, 0.29) is 11.6 Å². The van der Waals surface area contributed by atoms with Crippen molar-refractivity contribution in [2.75, 3.05) is 19.6 Å². The molecule has 0 radical (unpaired) electrons. The van der Waals surface area contributed by atoms with Crippen molar-refractivity contribution < 1.29 is 4.79 Å². The molecule has 2 heterocycles. The molecule has 0 aromatic carbocycles. The van der Waals surface area contributed by atoms with E-state index in [2.05, 4.69) is 30.6 Å². The van der Waals surface area contributed by atoms with Gasteiger partial charge in [0.2, 0.25) is 0 Å². The molecular weight excluding hydrogens is 200 g/mol. The summed E-state index contributed by atoms with van der Waals surface area (Å²) in [6.45, 7) is 9.46. The lowest BCUT2D eigenvalue weighted by atomic mass is 10.00. The molecule has 2 aliphatic rings. The molecule has 1 unspecified atom stereocenters. The van der Waals surface area contributed by atoms with E-state index >= 15 is 0 Å². The van der Waals surface area contributed by atoms with Crippen LogP contribution in [0.5, 0.6) is 0 Å². The average Bonchev–Trinajstić information content (AvgIpc) is 2.57. The second kappa shape index (κ2) is 4.27. The minimum atomic E-state index is 0.0672. The Morgan fingerprint density at radius 1 is 1.25 bits per heavy atom. The number of hydrogen-bond acceptors (Lipinski definition) is 1. The highest BCUT2D eigenvalue weighted by molar-refractivity contribution is 5.75. The number of rotatable bonds is 0. The van der Waals surface area contributed by atoms with Gasteiger partial charge in [0.05, 0.1) is 0 Å². The molecule has 0 aliphatic carbocycles. The number of carbonyl (C=O) groups is 1. The van der Waals surface area contributed by atoms with Gasteiger partial charge in [-0.3, -0.25) is 0 Å². The summed E-state index contributed by atoms with van der Waals surface area (Å²) in [5, 5.41) is 0. The highest BCUT2D eigenvalue weighted by Gasteiger charge is 2.38. The molecule has 16 heavy (non-hydrogen) atoms. The molecule has 3 heteroatoms. The van der Waals surface area contributed by atoms with E-state index in [9.17, 15) is 4.79 Å². The first-order chi connectivity index (χ1) is 7.50. The summed E-state index contributed by atoms with van der Waals surface area (Å²) in [6, 6.07) is 0.272. The molecule has 0 aromatic rings. The third-order valence-corrected chi connectivity index (χ3v) is 4.06. The Balaban J connectivity index is 2.01. The number of urea groups is 1. The van der Waals surface area contributed by atoms with Gasteiger partial charge in [-0.25, -0.2) is 4.79 Å². The van der Waals surface area contributed by atoms with Crippen LogP contribution in [0.1, 0.15) is 46.5 Å². The second-order valence-corrected chi connectivity index (χ2v) is 6.04. The Morgan fingerprint density at radius 3 is 2.56 bits per heavy atom. The predicted molar refractivity (Wildman–Crippen MR) is 65.4 cm³/mol. The van der Waals surface area contributed by atoms with Crippen LogP contribution in [0.25, 0.3) is 0 Å². The fourth-order valence-electron chi connectivity index (χ4n) is 3.00. The Labute approximate surface area is 98.8 Å². The van der Waals surface area contributed by atoms with Crippen LogP contribution >= 0.6 is 0 Å². The fraction of sp³-hybridized carbons (Fsp3) is 0.923. The largest absolute Gasteiger partial charge is 0.324 e. The topological polar surface area (TPSA) is 23.6 Å². The zero-order valence-corrected chi connectivity index (χ0v) is 10.8. The van der Waals surface area contributed by atoms with Crippen molar-refractivity contribution in [1.29, 1.82) is 0 Å². The van der Waals surface area contributed by atoms with Gasteiger partial charge in [0.25, 0.3) is 0 Å². The lowest BCUT2D eigenvalue weighted by molar-refractivity contribution is 0.109. The molecule has 92 valence electrons. The lowest BCUT2D eigenvalue weighted by Gasteiger charge is -2.39. The van der Waals surface area contributed by atoms with Crippen molar-refractivity contribution in [3.8, 4) is 0 Å². The van der Waals surface area contributed by atoms with Crippen molar-refractivity contribution >= 4 is 6.03 Å². The number of nitrogens with zero attached hydrogens (tertiary/aromatic N) is 2. The van der Waals surface area contributed by atoms with Gasteiger partial charge in [0.15, 0.2) is 0 Å². The highest BCUT2D eigenvalue weighted by Crippen LogP contribution is 2.30. The normalized spacial score (nSPS) is 29.6. The van der Waals surface area contributed by atoms with Crippen LogP contribution in [0.4, 0.5) is 4.79 Å². The van der Waals surface area contributed by atoms with E-state index in [0.717, 1.165) is 32.5 Å². The van der Waals surface area contributed by atoms with Gasteiger partial charge in [-0.15, -0.1) is 0 Å². The monoisotopic (exact) mass is 224 g/mol. The number of hydrogen-bond donors (Lipinski definition) is 0. The first-order valence-corrected chi connectivity index (χ1v) is 6.57. The van der Waals surface area contributed by atoms with Crippen molar-refractivity contribution in [1.82, 2.24) is 9.80 Å². The SMILES string of the molecule is CC1CCCN(C(=O)N2CCCC2(C)C)C1. The van der Waals surface area contributed by atoms with E-state index in [1.807, 2.05) is 0 Å². The first-order valence-electron chi connectivity index (χ1n) is 6.57. The van der Waals surface area contributed by atoms with E-state index in [4.69, 9.17) is 0 Å². The summed E-state index contributed by atoms with van der Waals surface area (Å²) < 4.78 is 0. The maximum Gasteiger partial charge on any atom is 0.320 e. The van der Waals surface area contributed by atoms with Crippen LogP contribution in [0, 0.1) is 5.92 Å². The van der Waals surface area contributed by atoms with Gasteiger partial charge in [-0.05, 0) is 45.4 Å². The van der Waals surface area contributed by atoms with Gasteiger partial charge in [0.1, 0.15) is 0 Å².